The molecule has 0 radical (unpaired) electrons. The van der Waals surface area contributed by atoms with E-state index in [0.717, 1.165) is 21.2 Å². The number of aryl methyl sites for hydroxylation is 3. The van der Waals surface area contributed by atoms with Crippen molar-refractivity contribution < 1.29 is 9.84 Å². The normalized spacial score (nSPS) is 12.3. The Balaban J connectivity index is 2.49. The molecule has 2 rings (SSSR count). The van der Waals surface area contributed by atoms with Crippen LogP contribution < -0.4 is 4.74 Å². The molecular weight excluding hydrogens is 316 g/mol. The molecule has 1 unspecified atom stereocenters. The molecule has 0 aliphatic rings. The van der Waals surface area contributed by atoms with Gasteiger partial charge in [-0.1, -0.05) is 34.1 Å². The first-order valence-corrected chi connectivity index (χ1v) is 7.32. The molecule has 0 aliphatic carbocycles. The maximum Gasteiger partial charge on any atom is 0.125 e. The fraction of sp³-hybridized carbons (Fsp3) is 0.294. The molecule has 0 heterocycles. The van der Waals surface area contributed by atoms with Crippen LogP contribution in [-0.4, -0.2) is 12.2 Å². The first-order chi connectivity index (χ1) is 9.43. The van der Waals surface area contributed by atoms with Gasteiger partial charge in [-0.2, -0.15) is 0 Å². The third kappa shape index (κ3) is 2.89. The quantitative estimate of drug-likeness (QED) is 0.897. The van der Waals surface area contributed by atoms with Gasteiger partial charge < -0.3 is 9.84 Å². The molecular formula is C17H19BrO2. The third-order valence-electron chi connectivity index (χ3n) is 3.65. The highest BCUT2D eigenvalue weighted by Crippen LogP contribution is 2.34. The summed E-state index contributed by atoms with van der Waals surface area (Å²) in [6, 6.07) is 9.87. The van der Waals surface area contributed by atoms with Crippen LogP contribution in [0.3, 0.4) is 0 Å². The second-order valence-electron chi connectivity index (χ2n) is 5.09. The smallest absolute Gasteiger partial charge is 0.125 e. The lowest BCUT2D eigenvalue weighted by Crippen LogP contribution is -2.04. The van der Waals surface area contributed by atoms with Crippen molar-refractivity contribution in [3.05, 3.63) is 62.6 Å². The summed E-state index contributed by atoms with van der Waals surface area (Å²) in [5.41, 5.74) is 5.12. The molecule has 0 aromatic heterocycles. The Hall–Kier alpha value is -1.32. The van der Waals surface area contributed by atoms with Crippen LogP contribution in [0, 0.1) is 20.8 Å². The number of ether oxygens (including phenoxy) is 1. The molecule has 0 saturated carbocycles. The highest BCUT2D eigenvalue weighted by Gasteiger charge is 2.17. The summed E-state index contributed by atoms with van der Waals surface area (Å²) in [6.45, 7) is 6.11. The van der Waals surface area contributed by atoms with Crippen molar-refractivity contribution in [2.75, 3.05) is 7.11 Å². The van der Waals surface area contributed by atoms with Gasteiger partial charge in [-0.25, -0.2) is 0 Å². The minimum atomic E-state index is -0.693. The topological polar surface area (TPSA) is 29.5 Å². The van der Waals surface area contributed by atoms with Gasteiger partial charge >= 0.3 is 0 Å². The molecule has 2 aromatic rings. The fourth-order valence-corrected chi connectivity index (χ4v) is 2.54. The summed E-state index contributed by atoms with van der Waals surface area (Å²) in [7, 11) is 1.62. The van der Waals surface area contributed by atoms with Gasteiger partial charge in [0.15, 0.2) is 0 Å². The van der Waals surface area contributed by atoms with Crippen LogP contribution in [0.15, 0.2) is 34.8 Å². The average molecular weight is 335 g/mol. The second-order valence-corrected chi connectivity index (χ2v) is 5.94. The molecule has 0 amide bonds. The summed E-state index contributed by atoms with van der Waals surface area (Å²) >= 11 is 3.51. The zero-order valence-electron chi connectivity index (χ0n) is 12.2. The van der Waals surface area contributed by atoms with Gasteiger partial charge in [0.05, 0.1) is 7.11 Å². The van der Waals surface area contributed by atoms with E-state index in [0.29, 0.717) is 5.75 Å². The van der Waals surface area contributed by atoms with E-state index >= 15 is 0 Å². The second kappa shape index (κ2) is 5.98. The largest absolute Gasteiger partial charge is 0.496 e. The molecule has 2 aromatic carbocycles. The van der Waals surface area contributed by atoms with Gasteiger partial charge in [0, 0.05) is 10.0 Å². The predicted octanol–water partition coefficient (Wildman–Crippen LogP) is 4.46. The fourth-order valence-electron chi connectivity index (χ4n) is 2.18. The van der Waals surface area contributed by atoms with Crippen LogP contribution in [0.4, 0.5) is 0 Å². The molecule has 0 bridgehead atoms. The standard InChI is InChI=1S/C17H19BrO2/c1-10-5-6-13(7-11(10)2)17(19)14-9-15(18)12(3)8-16(14)20-4/h5-9,17,19H,1-4H3. The van der Waals surface area contributed by atoms with Crippen molar-refractivity contribution in [3.8, 4) is 5.75 Å². The van der Waals surface area contributed by atoms with Crippen LogP contribution in [0.1, 0.15) is 33.9 Å². The summed E-state index contributed by atoms with van der Waals surface area (Å²) in [5, 5.41) is 10.6. The number of aliphatic hydroxyl groups excluding tert-OH is 1. The van der Waals surface area contributed by atoms with E-state index in [1.807, 2.05) is 44.2 Å². The summed E-state index contributed by atoms with van der Waals surface area (Å²) in [4.78, 5) is 0. The first kappa shape index (κ1) is 15.1. The van der Waals surface area contributed by atoms with E-state index in [4.69, 9.17) is 4.74 Å². The van der Waals surface area contributed by atoms with Gasteiger partial charge in [-0.05, 0) is 55.2 Å². The average Bonchev–Trinajstić information content (AvgIpc) is 2.43. The zero-order chi connectivity index (χ0) is 14.9. The molecule has 0 saturated heterocycles. The zero-order valence-corrected chi connectivity index (χ0v) is 13.8. The lowest BCUT2D eigenvalue weighted by molar-refractivity contribution is 0.214. The van der Waals surface area contributed by atoms with Gasteiger partial charge in [0.2, 0.25) is 0 Å². The van der Waals surface area contributed by atoms with Gasteiger partial charge in [0.1, 0.15) is 11.9 Å². The molecule has 2 nitrogen and oxygen atoms in total. The van der Waals surface area contributed by atoms with E-state index in [2.05, 4.69) is 22.9 Å². The Morgan fingerprint density at radius 2 is 1.70 bits per heavy atom. The van der Waals surface area contributed by atoms with Crippen molar-refractivity contribution in [1.82, 2.24) is 0 Å². The monoisotopic (exact) mass is 334 g/mol. The van der Waals surface area contributed by atoms with E-state index in [-0.39, 0.29) is 0 Å². The lowest BCUT2D eigenvalue weighted by Gasteiger charge is -2.17. The Kier molecular flexibility index (Phi) is 4.51. The molecule has 0 aliphatic heterocycles. The third-order valence-corrected chi connectivity index (χ3v) is 4.51. The molecule has 0 fully saturated rings. The van der Waals surface area contributed by atoms with Crippen molar-refractivity contribution >= 4 is 15.9 Å². The van der Waals surface area contributed by atoms with Gasteiger partial charge in [-0.15, -0.1) is 0 Å². The van der Waals surface area contributed by atoms with Crippen LogP contribution >= 0.6 is 15.9 Å². The maximum atomic E-state index is 10.6. The highest BCUT2D eigenvalue weighted by atomic mass is 79.9. The van der Waals surface area contributed by atoms with E-state index in [1.165, 1.54) is 11.1 Å². The number of aliphatic hydroxyl groups is 1. The summed E-state index contributed by atoms with van der Waals surface area (Å²) in [6.07, 6.45) is -0.693. The SMILES string of the molecule is COc1cc(C)c(Br)cc1C(O)c1ccc(C)c(C)c1. The Bertz CT molecular complexity index is 635. The van der Waals surface area contributed by atoms with Crippen molar-refractivity contribution in [2.45, 2.75) is 26.9 Å². The molecule has 1 N–H and O–H groups in total. The Labute approximate surface area is 128 Å². The van der Waals surface area contributed by atoms with Crippen molar-refractivity contribution in [2.24, 2.45) is 0 Å². The number of hydrogen-bond acceptors (Lipinski definition) is 2. The van der Waals surface area contributed by atoms with Crippen LogP contribution in [-0.2, 0) is 0 Å². The number of methoxy groups -OCH3 is 1. The van der Waals surface area contributed by atoms with Crippen LogP contribution in [0.25, 0.3) is 0 Å². The van der Waals surface area contributed by atoms with E-state index in [9.17, 15) is 5.11 Å². The van der Waals surface area contributed by atoms with Crippen molar-refractivity contribution in [3.63, 3.8) is 0 Å². The maximum absolute atomic E-state index is 10.6. The number of benzene rings is 2. The highest BCUT2D eigenvalue weighted by molar-refractivity contribution is 9.10. The molecule has 3 heteroatoms. The Morgan fingerprint density at radius 1 is 1.00 bits per heavy atom. The first-order valence-electron chi connectivity index (χ1n) is 6.53. The number of rotatable bonds is 3. The number of hydrogen-bond donors (Lipinski definition) is 1. The van der Waals surface area contributed by atoms with Gasteiger partial charge in [-0.3, -0.25) is 0 Å². The van der Waals surface area contributed by atoms with E-state index < -0.39 is 6.10 Å². The minimum absolute atomic E-state index is 0.693. The number of halogens is 1. The van der Waals surface area contributed by atoms with Crippen LogP contribution in [0.2, 0.25) is 0 Å². The molecule has 0 spiro atoms. The molecule has 20 heavy (non-hydrogen) atoms. The summed E-state index contributed by atoms with van der Waals surface area (Å²) < 4.78 is 6.37. The van der Waals surface area contributed by atoms with Crippen molar-refractivity contribution in [1.29, 1.82) is 0 Å². The van der Waals surface area contributed by atoms with Gasteiger partial charge in [0.25, 0.3) is 0 Å². The van der Waals surface area contributed by atoms with E-state index in [1.54, 1.807) is 7.11 Å². The minimum Gasteiger partial charge on any atom is -0.496 e. The molecule has 1 atom stereocenters. The summed E-state index contributed by atoms with van der Waals surface area (Å²) in [5.74, 6) is 0.705. The predicted molar refractivity (Wildman–Crippen MR) is 85.4 cm³/mol. The molecule has 106 valence electrons. The van der Waals surface area contributed by atoms with Crippen LogP contribution in [0.5, 0.6) is 5.75 Å². The lowest BCUT2D eigenvalue weighted by atomic mass is 9.96. The Morgan fingerprint density at radius 3 is 2.30 bits per heavy atom.